The molecule has 21 heavy (non-hydrogen) atoms. The number of thioether (sulfide) groups is 1. The third-order valence-electron chi connectivity index (χ3n) is 3.47. The molecule has 1 atom stereocenters. The summed E-state index contributed by atoms with van der Waals surface area (Å²) in [6.07, 6.45) is 6.94. The molecule has 0 aromatic rings. The van der Waals surface area contributed by atoms with Crippen molar-refractivity contribution < 1.29 is 6.15 Å². The second-order valence-electron chi connectivity index (χ2n) is 5.82. The maximum absolute atomic E-state index is 6.43. The van der Waals surface area contributed by atoms with E-state index in [0.717, 1.165) is 52.9 Å². The van der Waals surface area contributed by atoms with Crippen LogP contribution in [0.2, 0.25) is 4.44 Å². The van der Waals surface area contributed by atoms with E-state index < -0.39 is 19.2 Å². The fourth-order valence-corrected chi connectivity index (χ4v) is 16.1. The van der Waals surface area contributed by atoms with E-state index in [4.69, 9.17) is 11.9 Å². The normalized spacial score (nSPS) is 13.6. The Morgan fingerprint density at radius 1 is 1.00 bits per heavy atom. The third kappa shape index (κ3) is 12.2. The fourth-order valence-electron chi connectivity index (χ4n) is 2.10. The number of unbranched alkanes of at least 4 members (excludes halogenated alkanes) is 2. The predicted octanol–water partition coefficient (Wildman–Crippen LogP) is 4.48. The Balaban J connectivity index is 4.55. The summed E-state index contributed by atoms with van der Waals surface area (Å²) in [4.78, 5) is 0. The van der Waals surface area contributed by atoms with Crippen LogP contribution in [0.15, 0.2) is 0 Å². The van der Waals surface area contributed by atoms with E-state index in [9.17, 15) is 0 Å². The quantitative estimate of drug-likeness (QED) is 0.310. The summed E-state index contributed by atoms with van der Waals surface area (Å²) < 4.78 is 15.2. The number of rotatable bonds is 15. The molecule has 0 aromatic carbocycles. The molecule has 0 rings (SSSR count). The van der Waals surface area contributed by atoms with Crippen LogP contribution in [0.5, 0.6) is 0 Å². The number of hydrogen-bond acceptors (Lipinski definition) is 4. The summed E-state index contributed by atoms with van der Waals surface area (Å²) in [5.74, 6) is 1.15. The second-order valence-corrected chi connectivity index (χ2v) is 17.8. The van der Waals surface area contributed by atoms with Gasteiger partial charge in [0.1, 0.15) is 0 Å². The zero-order valence-corrected chi connectivity index (χ0v) is 18.3. The average Bonchev–Trinajstić information content (AvgIpc) is 2.45. The van der Waals surface area contributed by atoms with Gasteiger partial charge in [-0.1, -0.05) is 0 Å². The van der Waals surface area contributed by atoms with Gasteiger partial charge < -0.3 is 0 Å². The van der Waals surface area contributed by atoms with Crippen LogP contribution in [0.4, 0.5) is 0 Å². The maximum atomic E-state index is 6.43. The van der Waals surface area contributed by atoms with Crippen molar-refractivity contribution in [3.05, 3.63) is 0 Å². The van der Waals surface area contributed by atoms with E-state index in [1.165, 1.54) is 12.8 Å². The second kappa shape index (κ2) is 14.6. The molecule has 0 fully saturated rings. The van der Waals surface area contributed by atoms with Crippen LogP contribution in [0.3, 0.4) is 0 Å². The minimum absolute atomic E-state index is 0.291. The molecule has 0 radical (unpaired) electrons. The Morgan fingerprint density at radius 2 is 1.57 bits per heavy atom. The van der Waals surface area contributed by atoms with E-state index in [1.807, 2.05) is 11.8 Å². The summed E-state index contributed by atoms with van der Waals surface area (Å²) in [5.41, 5.74) is 5.90. The summed E-state index contributed by atoms with van der Waals surface area (Å²) in [6.45, 7) is 10.5. The molecule has 0 saturated carbocycles. The van der Waals surface area contributed by atoms with Crippen LogP contribution in [0.25, 0.3) is 0 Å². The van der Waals surface area contributed by atoms with E-state index in [1.54, 1.807) is 0 Å². The minimum atomic E-state index is -2.89. The zero-order chi connectivity index (χ0) is 16.0. The van der Waals surface area contributed by atoms with Crippen LogP contribution in [0, 0.1) is 0 Å². The van der Waals surface area contributed by atoms with Crippen molar-refractivity contribution >= 4 is 31.0 Å². The first-order valence-electron chi connectivity index (χ1n) is 8.71. The zero-order valence-electron chi connectivity index (χ0n) is 14.7. The van der Waals surface area contributed by atoms with Crippen LogP contribution in [-0.4, -0.2) is 48.0 Å². The molecule has 3 nitrogen and oxygen atoms in total. The molecule has 0 spiro atoms. The van der Waals surface area contributed by atoms with Crippen LogP contribution >= 0.6 is 11.8 Å². The van der Waals surface area contributed by atoms with E-state index >= 15 is 0 Å². The third-order valence-corrected chi connectivity index (χ3v) is 17.4. The molecule has 128 valence electrons. The van der Waals surface area contributed by atoms with Crippen molar-refractivity contribution in [3.8, 4) is 0 Å². The molecular weight excluding hydrogens is 389 g/mol. The SMILES string of the molecule is CCCC[O][Sn]([CH2]CCC(C)N)([CH2]SCC)[O]CCCC. The standard InChI is InChI=1S/C5H12N.2C4H9O.C3H7S.Sn/c1-3-4-5(2)6;2*1-2-3-4-5;1-3-4-2;/h5H,1,3-4,6H2,2H3;2*2-4H2,1H3;2-3H2,1H3;/q;2*-1;;+2. The Hall–Kier alpha value is 1.03. The summed E-state index contributed by atoms with van der Waals surface area (Å²) in [5, 5.41) is 0. The predicted molar refractivity (Wildman–Crippen MR) is 98.2 cm³/mol. The monoisotopic (exact) mass is 427 g/mol. The molecule has 0 amide bonds. The van der Waals surface area contributed by atoms with E-state index in [2.05, 4.69) is 27.7 Å². The van der Waals surface area contributed by atoms with Gasteiger partial charge in [-0.2, -0.15) is 0 Å². The molecule has 0 aliphatic heterocycles. The van der Waals surface area contributed by atoms with Gasteiger partial charge in [0, 0.05) is 0 Å². The van der Waals surface area contributed by atoms with Crippen molar-refractivity contribution in [1.29, 1.82) is 0 Å². The first kappa shape index (κ1) is 22.0. The Kier molecular flexibility index (Phi) is 15.3. The van der Waals surface area contributed by atoms with Gasteiger partial charge in [-0.15, -0.1) is 0 Å². The van der Waals surface area contributed by atoms with Crippen LogP contribution in [-0.2, 0) is 6.15 Å². The first-order valence-corrected chi connectivity index (χ1v) is 16.2. The van der Waals surface area contributed by atoms with Crippen molar-refractivity contribution in [2.75, 3.05) is 22.7 Å². The molecule has 0 aliphatic rings. The van der Waals surface area contributed by atoms with Gasteiger partial charge in [-0.25, -0.2) is 0 Å². The van der Waals surface area contributed by atoms with E-state index in [-0.39, 0.29) is 0 Å². The molecule has 2 N–H and O–H groups in total. The van der Waals surface area contributed by atoms with Crippen molar-refractivity contribution in [3.63, 3.8) is 0 Å². The van der Waals surface area contributed by atoms with Gasteiger partial charge in [0.15, 0.2) is 0 Å². The molecule has 0 aliphatic carbocycles. The molecule has 0 aromatic heterocycles. The molecule has 0 heterocycles. The van der Waals surface area contributed by atoms with Gasteiger partial charge in [0.2, 0.25) is 0 Å². The van der Waals surface area contributed by atoms with Gasteiger partial charge in [-0.3, -0.25) is 0 Å². The fraction of sp³-hybridized carbons (Fsp3) is 1.00. The summed E-state index contributed by atoms with van der Waals surface area (Å²) >= 11 is -0.892. The van der Waals surface area contributed by atoms with Gasteiger partial charge in [-0.05, 0) is 0 Å². The Bertz CT molecular complexity index is 220. The van der Waals surface area contributed by atoms with Crippen molar-refractivity contribution in [1.82, 2.24) is 0 Å². The molecule has 5 heteroatoms. The first-order chi connectivity index (χ1) is 10.1. The number of nitrogens with two attached hydrogens (primary N) is 1. The Morgan fingerprint density at radius 3 is 2.00 bits per heavy atom. The molecule has 0 bridgehead atoms. The van der Waals surface area contributed by atoms with Gasteiger partial charge >= 0.3 is 142 Å². The topological polar surface area (TPSA) is 44.5 Å². The van der Waals surface area contributed by atoms with Gasteiger partial charge in [0.05, 0.1) is 0 Å². The van der Waals surface area contributed by atoms with Crippen molar-refractivity contribution in [2.24, 2.45) is 5.73 Å². The molecule has 0 saturated heterocycles. The Labute approximate surface area is 142 Å². The van der Waals surface area contributed by atoms with Crippen molar-refractivity contribution in [2.45, 2.75) is 76.7 Å². The molecule has 1 unspecified atom stereocenters. The van der Waals surface area contributed by atoms with Crippen LogP contribution in [0.1, 0.15) is 66.2 Å². The van der Waals surface area contributed by atoms with Gasteiger partial charge in [0.25, 0.3) is 0 Å². The number of hydrogen-bond donors (Lipinski definition) is 1. The molecular formula is C16H37NO2SSn. The summed E-state index contributed by atoms with van der Waals surface area (Å²) in [6, 6.07) is 0.291. The van der Waals surface area contributed by atoms with E-state index in [0.29, 0.717) is 6.04 Å². The average molecular weight is 426 g/mol. The van der Waals surface area contributed by atoms with Crippen LogP contribution < -0.4 is 5.73 Å². The summed E-state index contributed by atoms with van der Waals surface area (Å²) in [7, 11) is 0.